The molecule has 2 aromatic rings. The summed E-state index contributed by atoms with van der Waals surface area (Å²) in [6, 6.07) is 7.78. The molecule has 1 aromatic carbocycles. The lowest BCUT2D eigenvalue weighted by Gasteiger charge is -2.32. The summed E-state index contributed by atoms with van der Waals surface area (Å²) in [4.78, 5) is 31.0. The zero-order valence-electron chi connectivity index (χ0n) is 17.8. The molecule has 0 unspecified atom stereocenters. The maximum atomic E-state index is 13.0. The number of carbonyl (C=O) groups is 2. The third kappa shape index (κ3) is 5.08. The van der Waals surface area contributed by atoms with Crippen LogP contribution in [0.3, 0.4) is 0 Å². The maximum Gasteiger partial charge on any atom is 0.253 e. The Morgan fingerprint density at radius 3 is 2.44 bits per heavy atom. The number of aromatic nitrogens is 1. The summed E-state index contributed by atoms with van der Waals surface area (Å²) in [5.74, 6) is -0.227. The van der Waals surface area contributed by atoms with E-state index in [9.17, 15) is 18.0 Å². The average molecular weight is 459 g/mol. The number of piperidine rings is 1. The van der Waals surface area contributed by atoms with Crippen LogP contribution in [0.1, 0.15) is 46.4 Å². The molecule has 1 aliphatic carbocycles. The second-order valence-electron chi connectivity index (χ2n) is 8.04. The Bertz CT molecular complexity index is 1090. The standard InChI is InChI=1S/C22H26N4O5S/c1-31-19-7-4-15(13-20(19)32(29,30)25-18-5-6-18)22(28)26-11-8-17(9-12-26)24-21(27)16-3-2-10-23-14-16/h2-4,7,10,13-14,17-18,25H,5-6,8-9,11-12H2,1H3,(H,24,27). The Kier molecular flexibility index (Phi) is 6.43. The minimum atomic E-state index is -3.77. The summed E-state index contributed by atoms with van der Waals surface area (Å²) in [7, 11) is -2.37. The third-order valence-corrected chi connectivity index (χ3v) is 7.18. The Hall–Kier alpha value is -2.98. The number of hydrogen-bond acceptors (Lipinski definition) is 6. The quantitative estimate of drug-likeness (QED) is 0.650. The lowest BCUT2D eigenvalue weighted by Crippen LogP contribution is -2.46. The van der Waals surface area contributed by atoms with Crippen LogP contribution in [0.15, 0.2) is 47.6 Å². The number of methoxy groups -OCH3 is 1. The molecule has 0 bridgehead atoms. The van der Waals surface area contributed by atoms with Crippen molar-refractivity contribution in [1.29, 1.82) is 0 Å². The molecule has 0 atom stereocenters. The number of likely N-dealkylation sites (tertiary alicyclic amines) is 1. The summed E-state index contributed by atoms with van der Waals surface area (Å²) in [6.07, 6.45) is 5.98. The van der Waals surface area contributed by atoms with Gasteiger partial charge in [0.05, 0.1) is 12.7 Å². The highest BCUT2D eigenvalue weighted by Gasteiger charge is 2.31. The zero-order valence-corrected chi connectivity index (χ0v) is 18.6. The van der Waals surface area contributed by atoms with Gasteiger partial charge in [0.1, 0.15) is 10.6 Å². The Balaban J connectivity index is 1.40. The predicted molar refractivity (Wildman–Crippen MR) is 117 cm³/mol. The molecule has 2 N–H and O–H groups in total. The van der Waals surface area contributed by atoms with Crippen LogP contribution >= 0.6 is 0 Å². The van der Waals surface area contributed by atoms with E-state index in [-0.39, 0.29) is 34.5 Å². The van der Waals surface area contributed by atoms with E-state index in [1.54, 1.807) is 29.3 Å². The van der Waals surface area contributed by atoms with Crippen molar-refractivity contribution in [3.05, 3.63) is 53.9 Å². The highest BCUT2D eigenvalue weighted by atomic mass is 32.2. The Morgan fingerprint density at radius 1 is 1.06 bits per heavy atom. The van der Waals surface area contributed by atoms with Crippen molar-refractivity contribution >= 4 is 21.8 Å². The van der Waals surface area contributed by atoms with Crippen LogP contribution in [0.2, 0.25) is 0 Å². The second-order valence-corrected chi connectivity index (χ2v) is 9.73. The van der Waals surface area contributed by atoms with Crippen LogP contribution in [0, 0.1) is 0 Å². The van der Waals surface area contributed by atoms with Crippen LogP contribution in [-0.4, -0.2) is 62.4 Å². The minimum Gasteiger partial charge on any atom is -0.495 e. The van der Waals surface area contributed by atoms with E-state index in [1.165, 1.54) is 25.4 Å². The summed E-state index contributed by atoms with van der Waals surface area (Å²) >= 11 is 0. The molecular weight excluding hydrogens is 432 g/mol. The van der Waals surface area contributed by atoms with Crippen molar-refractivity contribution < 1.29 is 22.7 Å². The number of nitrogens with zero attached hydrogens (tertiary/aromatic N) is 2. The SMILES string of the molecule is COc1ccc(C(=O)N2CCC(NC(=O)c3cccnc3)CC2)cc1S(=O)(=O)NC1CC1. The average Bonchev–Trinajstić information content (AvgIpc) is 3.62. The zero-order chi connectivity index (χ0) is 22.7. The number of pyridine rings is 1. The predicted octanol–water partition coefficient (Wildman–Crippen LogP) is 1.57. The van der Waals surface area contributed by atoms with Gasteiger partial charge in [0.2, 0.25) is 10.0 Å². The van der Waals surface area contributed by atoms with Gasteiger partial charge in [0, 0.05) is 43.1 Å². The lowest BCUT2D eigenvalue weighted by molar-refractivity contribution is 0.0697. The number of rotatable bonds is 7. The molecule has 1 aliphatic heterocycles. The van der Waals surface area contributed by atoms with Gasteiger partial charge in [0.25, 0.3) is 11.8 Å². The summed E-state index contributed by atoms with van der Waals surface area (Å²) in [5, 5.41) is 2.98. The van der Waals surface area contributed by atoms with Gasteiger partial charge in [-0.05, 0) is 56.0 Å². The van der Waals surface area contributed by atoms with Crippen LogP contribution in [0.25, 0.3) is 0 Å². The van der Waals surface area contributed by atoms with Crippen LogP contribution < -0.4 is 14.8 Å². The molecule has 0 spiro atoms. The number of ether oxygens (including phenoxy) is 1. The van der Waals surface area contributed by atoms with Gasteiger partial charge in [0.15, 0.2) is 0 Å². The van der Waals surface area contributed by atoms with Crippen molar-refractivity contribution in [1.82, 2.24) is 19.9 Å². The van der Waals surface area contributed by atoms with Crippen molar-refractivity contribution in [3.63, 3.8) is 0 Å². The summed E-state index contributed by atoms with van der Waals surface area (Å²) in [6.45, 7) is 0.927. The molecule has 1 saturated heterocycles. The number of hydrogen-bond donors (Lipinski definition) is 2. The highest BCUT2D eigenvalue weighted by molar-refractivity contribution is 7.89. The first kappa shape index (κ1) is 22.2. The first-order valence-corrected chi connectivity index (χ1v) is 12.1. The number of sulfonamides is 1. The molecule has 1 saturated carbocycles. The molecule has 2 aliphatic rings. The fraction of sp³-hybridized carbons (Fsp3) is 0.409. The monoisotopic (exact) mass is 458 g/mol. The van der Waals surface area contributed by atoms with E-state index < -0.39 is 10.0 Å². The number of amides is 2. The summed E-state index contributed by atoms with van der Waals surface area (Å²) < 4.78 is 33.3. The molecule has 2 fully saturated rings. The van der Waals surface area contributed by atoms with Crippen molar-refractivity contribution in [2.24, 2.45) is 0 Å². The highest BCUT2D eigenvalue weighted by Crippen LogP contribution is 2.29. The third-order valence-electron chi connectivity index (χ3n) is 5.64. The van der Waals surface area contributed by atoms with Gasteiger partial charge in [-0.1, -0.05) is 0 Å². The minimum absolute atomic E-state index is 0.0311. The second kappa shape index (κ2) is 9.25. The molecule has 0 radical (unpaired) electrons. The van der Waals surface area contributed by atoms with Gasteiger partial charge in [-0.3, -0.25) is 14.6 Å². The van der Waals surface area contributed by atoms with Gasteiger partial charge in [-0.15, -0.1) is 0 Å². The molecule has 170 valence electrons. The van der Waals surface area contributed by atoms with Crippen LogP contribution in [0.4, 0.5) is 0 Å². The van der Waals surface area contributed by atoms with Crippen molar-refractivity contribution in [2.75, 3.05) is 20.2 Å². The molecule has 32 heavy (non-hydrogen) atoms. The normalized spacial score (nSPS) is 17.1. The fourth-order valence-electron chi connectivity index (χ4n) is 3.68. The van der Waals surface area contributed by atoms with Gasteiger partial charge >= 0.3 is 0 Å². The molecule has 4 rings (SSSR count). The number of nitrogens with one attached hydrogen (secondary N) is 2. The molecule has 2 amide bonds. The van der Waals surface area contributed by atoms with E-state index in [0.29, 0.717) is 37.1 Å². The molecular formula is C22H26N4O5S. The molecule has 10 heteroatoms. The maximum absolute atomic E-state index is 13.0. The molecule has 9 nitrogen and oxygen atoms in total. The van der Waals surface area contributed by atoms with Crippen LogP contribution in [0.5, 0.6) is 5.75 Å². The van der Waals surface area contributed by atoms with Crippen molar-refractivity contribution in [3.8, 4) is 5.75 Å². The van der Waals surface area contributed by atoms with E-state index in [2.05, 4.69) is 15.0 Å². The Morgan fingerprint density at radius 2 is 1.81 bits per heavy atom. The lowest BCUT2D eigenvalue weighted by atomic mass is 10.0. The molecule has 2 heterocycles. The smallest absolute Gasteiger partial charge is 0.253 e. The van der Waals surface area contributed by atoms with E-state index in [4.69, 9.17) is 4.74 Å². The molecule has 1 aromatic heterocycles. The summed E-state index contributed by atoms with van der Waals surface area (Å²) in [5.41, 5.74) is 0.789. The van der Waals surface area contributed by atoms with E-state index >= 15 is 0 Å². The fourth-order valence-corrected chi connectivity index (χ4v) is 5.18. The first-order valence-electron chi connectivity index (χ1n) is 10.6. The van der Waals surface area contributed by atoms with Crippen LogP contribution in [-0.2, 0) is 10.0 Å². The largest absolute Gasteiger partial charge is 0.495 e. The Labute approximate surface area is 187 Å². The van der Waals surface area contributed by atoms with E-state index in [0.717, 1.165) is 12.8 Å². The van der Waals surface area contributed by atoms with E-state index in [1.807, 2.05) is 0 Å². The number of benzene rings is 1. The van der Waals surface area contributed by atoms with Crippen molar-refractivity contribution in [2.45, 2.75) is 42.7 Å². The van der Waals surface area contributed by atoms with Gasteiger partial charge < -0.3 is 15.0 Å². The topological polar surface area (TPSA) is 118 Å². The van der Waals surface area contributed by atoms with Gasteiger partial charge in [-0.2, -0.15) is 0 Å². The first-order chi connectivity index (χ1) is 15.4. The van der Waals surface area contributed by atoms with Gasteiger partial charge in [-0.25, -0.2) is 13.1 Å². The number of carbonyl (C=O) groups excluding carboxylic acids is 2.